The SMILES string of the molecule is O=[N+]([O-])c1cccc(-c2nnc3cccnn23)c1. The Morgan fingerprint density at radius 2 is 2.06 bits per heavy atom. The van der Waals surface area contributed by atoms with Crippen LogP contribution < -0.4 is 0 Å². The molecule has 18 heavy (non-hydrogen) atoms. The molecule has 0 amide bonds. The highest BCUT2D eigenvalue weighted by Gasteiger charge is 2.12. The quantitative estimate of drug-likeness (QED) is 0.503. The molecular weight excluding hydrogens is 234 g/mol. The van der Waals surface area contributed by atoms with Crippen LogP contribution in [0.3, 0.4) is 0 Å². The van der Waals surface area contributed by atoms with Gasteiger partial charge in [0.2, 0.25) is 0 Å². The van der Waals surface area contributed by atoms with Crippen LogP contribution in [0.2, 0.25) is 0 Å². The molecule has 0 radical (unpaired) electrons. The Hall–Kier alpha value is -2.83. The first-order valence-electron chi connectivity index (χ1n) is 5.17. The smallest absolute Gasteiger partial charge is 0.258 e. The van der Waals surface area contributed by atoms with Crippen LogP contribution in [0.15, 0.2) is 42.6 Å². The van der Waals surface area contributed by atoms with Crippen LogP contribution in [0.25, 0.3) is 17.0 Å². The summed E-state index contributed by atoms with van der Waals surface area (Å²) < 4.78 is 1.54. The summed E-state index contributed by atoms with van der Waals surface area (Å²) in [6, 6.07) is 9.74. The summed E-state index contributed by atoms with van der Waals surface area (Å²) in [4.78, 5) is 10.3. The summed E-state index contributed by atoms with van der Waals surface area (Å²) in [5, 5.41) is 22.8. The summed E-state index contributed by atoms with van der Waals surface area (Å²) in [5.74, 6) is 0.481. The second-order valence-corrected chi connectivity index (χ2v) is 3.62. The Bertz CT molecular complexity index is 737. The third-order valence-electron chi connectivity index (χ3n) is 2.49. The van der Waals surface area contributed by atoms with Gasteiger partial charge < -0.3 is 0 Å². The minimum atomic E-state index is -0.444. The van der Waals surface area contributed by atoms with Gasteiger partial charge in [-0.05, 0) is 12.1 Å². The van der Waals surface area contributed by atoms with Gasteiger partial charge in [0, 0.05) is 23.9 Å². The van der Waals surface area contributed by atoms with Gasteiger partial charge in [0.05, 0.1) is 4.92 Å². The van der Waals surface area contributed by atoms with Crippen LogP contribution in [-0.2, 0) is 0 Å². The van der Waals surface area contributed by atoms with Crippen molar-refractivity contribution in [3.63, 3.8) is 0 Å². The molecule has 0 saturated heterocycles. The molecule has 0 aliphatic heterocycles. The third-order valence-corrected chi connectivity index (χ3v) is 2.49. The molecule has 7 nitrogen and oxygen atoms in total. The molecular formula is C11H7N5O2. The molecule has 0 aliphatic carbocycles. The van der Waals surface area contributed by atoms with Crippen LogP contribution in [0.5, 0.6) is 0 Å². The summed E-state index contributed by atoms with van der Waals surface area (Å²) in [6.07, 6.45) is 1.61. The average Bonchev–Trinajstić information content (AvgIpc) is 2.82. The van der Waals surface area contributed by atoms with Gasteiger partial charge in [0.1, 0.15) is 0 Å². The number of hydrogen-bond donors (Lipinski definition) is 0. The number of nitrogens with zero attached hydrogens (tertiary/aromatic N) is 5. The minimum absolute atomic E-state index is 0.0141. The van der Waals surface area contributed by atoms with Crippen molar-refractivity contribution in [2.45, 2.75) is 0 Å². The van der Waals surface area contributed by atoms with Crippen molar-refractivity contribution in [1.82, 2.24) is 19.8 Å². The second-order valence-electron chi connectivity index (χ2n) is 3.62. The normalized spacial score (nSPS) is 10.7. The van der Waals surface area contributed by atoms with Gasteiger partial charge in [-0.2, -0.15) is 9.61 Å². The van der Waals surface area contributed by atoms with E-state index in [2.05, 4.69) is 15.3 Å². The largest absolute Gasteiger partial charge is 0.270 e. The molecule has 7 heteroatoms. The molecule has 0 unspecified atom stereocenters. The summed E-state index contributed by atoms with van der Waals surface area (Å²) >= 11 is 0. The van der Waals surface area contributed by atoms with Gasteiger partial charge in [0.25, 0.3) is 5.69 Å². The molecule has 3 aromatic rings. The van der Waals surface area contributed by atoms with E-state index in [0.29, 0.717) is 17.0 Å². The first-order valence-corrected chi connectivity index (χ1v) is 5.17. The number of benzene rings is 1. The predicted molar refractivity (Wildman–Crippen MR) is 62.9 cm³/mol. The number of nitro benzene ring substituents is 1. The van der Waals surface area contributed by atoms with Crippen molar-refractivity contribution >= 4 is 11.3 Å². The van der Waals surface area contributed by atoms with Crippen molar-refractivity contribution in [2.24, 2.45) is 0 Å². The van der Waals surface area contributed by atoms with E-state index >= 15 is 0 Å². The van der Waals surface area contributed by atoms with Crippen molar-refractivity contribution < 1.29 is 4.92 Å². The number of non-ortho nitro benzene ring substituents is 1. The highest BCUT2D eigenvalue weighted by molar-refractivity contribution is 5.61. The fraction of sp³-hybridized carbons (Fsp3) is 0. The Labute approximate surface area is 101 Å². The van der Waals surface area contributed by atoms with Crippen LogP contribution in [0.1, 0.15) is 0 Å². The molecule has 2 heterocycles. The molecule has 0 saturated carbocycles. The Kier molecular flexibility index (Phi) is 2.23. The highest BCUT2D eigenvalue weighted by Crippen LogP contribution is 2.22. The highest BCUT2D eigenvalue weighted by atomic mass is 16.6. The first-order chi connectivity index (χ1) is 8.75. The second kappa shape index (κ2) is 3.88. The Morgan fingerprint density at radius 3 is 2.89 bits per heavy atom. The zero-order valence-electron chi connectivity index (χ0n) is 9.09. The van der Waals surface area contributed by atoms with Crippen molar-refractivity contribution in [3.05, 3.63) is 52.7 Å². The Morgan fingerprint density at radius 1 is 1.17 bits per heavy atom. The molecule has 2 aromatic heterocycles. The number of fused-ring (bicyclic) bond motifs is 1. The fourth-order valence-corrected chi connectivity index (χ4v) is 1.68. The lowest BCUT2D eigenvalue weighted by Gasteiger charge is -1.98. The molecule has 0 spiro atoms. The van der Waals surface area contributed by atoms with Crippen molar-refractivity contribution in [1.29, 1.82) is 0 Å². The van der Waals surface area contributed by atoms with Gasteiger partial charge in [0.15, 0.2) is 11.5 Å². The summed E-state index contributed by atoms with van der Waals surface area (Å²) in [7, 11) is 0. The first kappa shape index (κ1) is 10.3. The maximum atomic E-state index is 10.7. The summed E-state index contributed by atoms with van der Waals surface area (Å²) in [5.41, 5.74) is 1.22. The molecule has 0 fully saturated rings. The predicted octanol–water partition coefficient (Wildman–Crippen LogP) is 1.70. The van der Waals surface area contributed by atoms with Gasteiger partial charge >= 0.3 is 0 Å². The molecule has 3 rings (SSSR count). The van der Waals surface area contributed by atoms with E-state index < -0.39 is 4.92 Å². The van der Waals surface area contributed by atoms with E-state index in [-0.39, 0.29) is 5.69 Å². The zero-order chi connectivity index (χ0) is 12.5. The maximum absolute atomic E-state index is 10.7. The minimum Gasteiger partial charge on any atom is -0.258 e. The lowest BCUT2D eigenvalue weighted by atomic mass is 10.2. The van der Waals surface area contributed by atoms with E-state index in [0.717, 1.165) is 0 Å². The number of hydrogen-bond acceptors (Lipinski definition) is 5. The molecule has 0 aliphatic rings. The van der Waals surface area contributed by atoms with Crippen molar-refractivity contribution in [2.75, 3.05) is 0 Å². The molecule has 0 N–H and O–H groups in total. The van der Waals surface area contributed by atoms with E-state index in [9.17, 15) is 10.1 Å². The molecule has 0 bridgehead atoms. The van der Waals surface area contributed by atoms with Gasteiger partial charge in [-0.15, -0.1) is 10.2 Å². The van der Waals surface area contributed by atoms with Crippen LogP contribution in [0.4, 0.5) is 5.69 Å². The number of rotatable bonds is 2. The standard InChI is InChI=1S/C11H7N5O2/c17-16(18)9-4-1-3-8(7-9)11-14-13-10-5-2-6-12-15(10)11/h1-7H. The number of nitro groups is 1. The van der Waals surface area contributed by atoms with E-state index in [1.165, 1.54) is 12.1 Å². The number of aromatic nitrogens is 4. The van der Waals surface area contributed by atoms with Gasteiger partial charge in [-0.1, -0.05) is 12.1 Å². The van der Waals surface area contributed by atoms with E-state index in [1.807, 2.05) is 0 Å². The molecule has 88 valence electrons. The molecule has 0 atom stereocenters. The third kappa shape index (κ3) is 1.58. The van der Waals surface area contributed by atoms with Crippen LogP contribution in [-0.4, -0.2) is 24.7 Å². The fourth-order valence-electron chi connectivity index (χ4n) is 1.68. The van der Waals surface area contributed by atoms with Crippen LogP contribution >= 0.6 is 0 Å². The van der Waals surface area contributed by atoms with E-state index in [1.54, 1.807) is 35.0 Å². The van der Waals surface area contributed by atoms with Gasteiger partial charge in [-0.3, -0.25) is 10.1 Å². The van der Waals surface area contributed by atoms with Crippen LogP contribution in [0, 0.1) is 10.1 Å². The van der Waals surface area contributed by atoms with Crippen molar-refractivity contribution in [3.8, 4) is 11.4 Å². The topological polar surface area (TPSA) is 86.2 Å². The Balaban J connectivity index is 2.20. The molecule has 1 aromatic carbocycles. The monoisotopic (exact) mass is 241 g/mol. The lowest BCUT2D eigenvalue weighted by molar-refractivity contribution is -0.384. The zero-order valence-corrected chi connectivity index (χ0v) is 9.09. The summed E-state index contributed by atoms with van der Waals surface area (Å²) in [6.45, 7) is 0. The van der Waals surface area contributed by atoms with E-state index in [4.69, 9.17) is 0 Å². The van der Waals surface area contributed by atoms with Gasteiger partial charge in [-0.25, -0.2) is 0 Å². The lowest BCUT2D eigenvalue weighted by Crippen LogP contribution is -1.94. The maximum Gasteiger partial charge on any atom is 0.270 e. The average molecular weight is 241 g/mol.